The van der Waals surface area contributed by atoms with Gasteiger partial charge in [0.2, 0.25) is 0 Å². The Morgan fingerprint density at radius 2 is 1.57 bits per heavy atom. The summed E-state index contributed by atoms with van der Waals surface area (Å²) < 4.78 is 0. The molecule has 0 aliphatic carbocycles. The fourth-order valence-corrected chi connectivity index (χ4v) is 2.40. The number of halogens is 1. The Morgan fingerprint density at radius 1 is 1.00 bits per heavy atom. The van der Waals surface area contributed by atoms with Crippen molar-refractivity contribution in [3.05, 3.63) is 33.3 Å². The van der Waals surface area contributed by atoms with Crippen LogP contribution >= 0.6 is 11.6 Å². The maximum absolute atomic E-state index is 6.31. The highest BCUT2D eigenvalue weighted by Gasteiger charge is 2.10. The van der Waals surface area contributed by atoms with Crippen molar-refractivity contribution < 1.29 is 0 Å². The molecule has 0 aliphatic rings. The maximum Gasteiger partial charge on any atom is 0.0470 e. The predicted molar refractivity (Wildman–Crippen MR) is 64.3 cm³/mol. The Hall–Kier alpha value is -0.490. The smallest absolute Gasteiger partial charge is 0.0470 e. The van der Waals surface area contributed by atoms with Crippen molar-refractivity contribution in [2.24, 2.45) is 0 Å². The van der Waals surface area contributed by atoms with Crippen LogP contribution in [0.4, 0.5) is 0 Å². The van der Waals surface area contributed by atoms with Gasteiger partial charge in [-0.2, -0.15) is 0 Å². The van der Waals surface area contributed by atoms with E-state index in [-0.39, 0.29) is 0 Å². The Kier molecular flexibility index (Phi) is 4.00. The van der Waals surface area contributed by atoms with Gasteiger partial charge >= 0.3 is 0 Å². The molecule has 0 nitrogen and oxygen atoms in total. The molecular formula is C13H19Cl. The van der Waals surface area contributed by atoms with Crippen molar-refractivity contribution in [2.75, 3.05) is 0 Å². The molecule has 0 heterocycles. The van der Waals surface area contributed by atoms with Crippen LogP contribution in [0.2, 0.25) is 5.02 Å². The largest absolute Gasteiger partial charge is 0.0837 e. The summed E-state index contributed by atoms with van der Waals surface area (Å²) in [5.41, 5.74) is 5.50. The quantitative estimate of drug-likeness (QED) is 0.697. The molecule has 1 rings (SSSR count). The Morgan fingerprint density at radius 3 is 2.00 bits per heavy atom. The van der Waals surface area contributed by atoms with Crippen LogP contribution in [-0.4, -0.2) is 0 Å². The topological polar surface area (TPSA) is 0 Å². The van der Waals surface area contributed by atoms with E-state index in [1.54, 1.807) is 0 Å². The molecule has 1 aromatic rings. The zero-order chi connectivity index (χ0) is 10.7. The number of hydrogen-bond donors (Lipinski definition) is 0. The number of hydrogen-bond acceptors (Lipinski definition) is 0. The summed E-state index contributed by atoms with van der Waals surface area (Å²) in [7, 11) is 0. The Balaban J connectivity index is 3.42. The van der Waals surface area contributed by atoms with Crippen molar-refractivity contribution >= 4 is 11.6 Å². The van der Waals surface area contributed by atoms with E-state index < -0.39 is 0 Å². The number of rotatable bonds is 3. The number of benzene rings is 1. The van der Waals surface area contributed by atoms with Gasteiger partial charge in [-0.05, 0) is 48.4 Å². The van der Waals surface area contributed by atoms with Gasteiger partial charge < -0.3 is 0 Å². The van der Waals surface area contributed by atoms with Gasteiger partial charge in [-0.1, -0.05) is 38.4 Å². The first-order chi connectivity index (χ1) is 6.65. The zero-order valence-electron chi connectivity index (χ0n) is 9.58. The molecule has 1 aromatic carbocycles. The second-order valence-corrected chi connectivity index (χ2v) is 4.06. The normalized spacial score (nSPS) is 10.6. The van der Waals surface area contributed by atoms with Crippen LogP contribution in [0.3, 0.4) is 0 Å². The molecule has 0 saturated carbocycles. The summed E-state index contributed by atoms with van der Waals surface area (Å²) in [4.78, 5) is 0. The molecule has 0 aliphatic heterocycles. The number of aryl methyl sites for hydroxylation is 2. The van der Waals surface area contributed by atoms with E-state index in [0.717, 1.165) is 24.3 Å². The first kappa shape index (κ1) is 11.6. The first-order valence-electron chi connectivity index (χ1n) is 5.45. The van der Waals surface area contributed by atoms with Gasteiger partial charge in [-0.3, -0.25) is 0 Å². The molecule has 0 unspecified atom stereocenters. The molecule has 78 valence electrons. The molecule has 0 atom stereocenters. The third-order valence-corrected chi connectivity index (χ3v) is 3.37. The van der Waals surface area contributed by atoms with Crippen molar-refractivity contribution in [1.82, 2.24) is 0 Å². The molecule has 0 N–H and O–H groups in total. The lowest BCUT2D eigenvalue weighted by Gasteiger charge is -2.15. The summed E-state index contributed by atoms with van der Waals surface area (Å²) >= 11 is 6.31. The van der Waals surface area contributed by atoms with Gasteiger partial charge in [0.1, 0.15) is 0 Å². The van der Waals surface area contributed by atoms with Crippen molar-refractivity contribution in [2.45, 2.75) is 47.0 Å². The lowest BCUT2D eigenvalue weighted by Crippen LogP contribution is -2.00. The van der Waals surface area contributed by atoms with E-state index in [1.165, 1.54) is 22.3 Å². The van der Waals surface area contributed by atoms with E-state index in [0.29, 0.717) is 0 Å². The van der Waals surface area contributed by atoms with Crippen molar-refractivity contribution in [3.63, 3.8) is 0 Å². The Bertz CT molecular complexity index is 326. The average molecular weight is 211 g/mol. The summed E-state index contributed by atoms with van der Waals surface area (Å²) in [6, 6.07) is 2.24. The summed E-state index contributed by atoms with van der Waals surface area (Å²) in [5, 5.41) is 0.974. The summed E-state index contributed by atoms with van der Waals surface area (Å²) in [6.07, 6.45) is 3.23. The molecule has 0 fully saturated rings. The molecule has 0 saturated heterocycles. The SMILES string of the molecule is CCc1cc(C)c(Cl)c(CC)c1CC. The van der Waals surface area contributed by atoms with Crippen molar-refractivity contribution in [3.8, 4) is 0 Å². The minimum absolute atomic E-state index is 0.974. The third-order valence-electron chi connectivity index (χ3n) is 2.84. The first-order valence-corrected chi connectivity index (χ1v) is 5.83. The highest BCUT2D eigenvalue weighted by atomic mass is 35.5. The fourth-order valence-electron chi connectivity index (χ4n) is 2.10. The van der Waals surface area contributed by atoms with Gasteiger partial charge in [-0.25, -0.2) is 0 Å². The zero-order valence-corrected chi connectivity index (χ0v) is 10.3. The molecule has 1 heteroatoms. The summed E-state index contributed by atoms with van der Waals surface area (Å²) in [6.45, 7) is 8.69. The summed E-state index contributed by atoms with van der Waals surface area (Å²) in [5.74, 6) is 0. The standard InChI is InChI=1S/C13H19Cl/c1-5-10-8-9(4)13(14)12(7-3)11(10)6-2/h8H,5-7H2,1-4H3. The average Bonchev–Trinajstić information content (AvgIpc) is 2.20. The van der Waals surface area contributed by atoms with Crippen LogP contribution in [-0.2, 0) is 19.3 Å². The molecule has 0 bridgehead atoms. The van der Waals surface area contributed by atoms with Gasteiger partial charge in [0.05, 0.1) is 0 Å². The minimum Gasteiger partial charge on any atom is -0.0837 e. The van der Waals surface area contributed by atoms with Crippen LogP contribution in [0.1, 0.15) is 43.0 Å². The van der Waals surface area contributed by atoms with Gasteiger partial charge in [0, 0.05) is 5.02 Å². The second kappa shape index (κ2) is 4.84. The highest BCUT2D eigenvalue weighted by Crippen LogP contribution is 2.28. The van der Waals surface area contributed by atoms with Crippen LogP contribution in [0.25, 0.3) is 0 Å². The van der Waals surface area contributed by atoms with Gasteiger partial charge in [0.15, 0.2) is 0 Å². The van der Waals surface area contributed by atoms with E-state index in [4.69, 9.17) is 11.6 Å². The molecule has 0 radical (unpaired) electrons. The molecule has 0 spiro atoms. The van der Waals surface area contributed by atoms with Crippen LogP contribution in [0.15, 0.2) is 6.07 Å². The molecule has 0 aromatic heterocycles. The third kappa shape index (κ3) is 1.95. The van der Waals surface area contributed by atoms with Gasteiger partial charge in [-0.15, -0.1) is 0 Å². The molecule has 14 heavy (non-hydrogen) atoms. The van der Waals surface area contributed by atoms with Crippen LogP contribution < -0.4 is 0 Å². The maximum atomic E-state index is 6.31. The van der Waals surface area contributed by atoms with E-state index in [2.05, 4.69) is 33.8 Å². The van der Waals surface area contributed by atoms with Crippen LogP contribution in [0.5, 0.6) is 0 Å². The molecule has 0 amide bonds. The van der Waals surface area contributed by atoms with Gasteiger partial charge in [0.25, 0.3) is 0 Å². The van der Waals surface area contributed by atoms with E-state index in [9.17, 15) is 0 Å². The van der Waals surface area contributed by atoms with E-state index >= 15 is 0 Å². The van der Waals surface area contributed by atoms with E-state index in [1.807, 2.05) is 0 Å². The predicted octanol–water partition coefficient (Wildman–Crippen LogP) is 4.34. The molecular weight excluding hydrogens is 192 g/mol. The van der Waals surface area contributed by atoms with Crippen LogP contribution in [0, 0.1) is 6.92 Å². The lowest BCUT2D eigenvalue weighted by atomic mass is 9.93. The lowest BCUT2D eigenvalue weighted by molar-refractivity contribution is 0.975. The minimum atomic E-state index is 0.974. The fraction of sp³-hybridized carbons (Fsp3) is 0.538. The monoisotopic (exact) mass is 210 g/mol. The van der Waals surface area contributed by atoms with Crippen molar-refractivity contribution in [1.29, 1.82) is 0 Å². The highest BCUT2D eigenvalue weighted by molar-refractivity contribution is 6.32. The second-order valence-electron chi connectivity index (χ2n) is 3.68. The Labute approximate surface area is 92.3 Å².